The molecule has 3 nitrogen and oxygen atoms in total. The lowest BCUT2D eigenvalue weighted by molar-refractivity contribution is -0.114. The summed E-state index contributed by atoms with van der Waals surface area (Å²) in [5.41, 5.74) is -0.451. The molecule has 1 rings (SSSR count). The third-order valence-electron chi connectivity index (χ3n) is 2.35. The van der Waals surface area contributed by atoms with Gasteiger partial charge in [0.1, 0.15) is 6.10 Å². The first-order chi connectivity index (χ1) is 5.43. The number of aliphatic hydroxyl groups is 2. The van der Waals surface area contributed by atoms with Crippen LogP contribution in [0.4, 0.5) is 0 Å². The van der Waals surface area contributed by atoms with E-state index in [4.69, 9.17) is 0 Å². The molecular weight excluding hydrogens is 156 g/mol. The van der Waals surface area contributed by atoms with Crippen LogP contribution in [0.15, 0.2) is 11.6 Å². The molecule has 2 N–H and O–H groups in total. The van der Waals surface area contributed by atoms with E-state index >= 15 is 0 Å². The average Bonchev–Trinajstić information content (AvgIpc) is 1.94. The number of aliphatic hydroxyl groups excluding tert-OH is 1. The van der Waals surface area contributed by atoms with E-state index in [2.05, 4.69) is 0 Å². The highest BCUT2D eigenvalue weighted by Crippen LogP contribution is 2.27. The lowest BCUT2D eigenvalue weighted by atomic mass is 9.84. The summed E-state index contributed by atoms with van der Waals surface area (Å²) in [4.78, 5) is 10.9. The van der Waals surface area contributed by atoms with Crippen LogP contribution in [0, 0.1) is 0 Å². The molecule has 1 aliphatic carbocycles. The zero-order chi connectivity index (χ0) is 9.35. The van der Waals surface area contributed by atoms with E-state index in [1.807, 2.05) is 0 Å². The van der Waals surface area contributed by atoms with Crippen molar-refractivity contribution in [3.63, 3.8) is 0 Å². The number of ketones is 1. The Morgan fingerprint density at radius 2 is 2.33 bits per heavy atom. The fraction of sp³-hybridized carbons (Fsp3) is 0.667. The van der Waals surface area contributed by atoms with Crippen LogP contribution in [0.5, 0.6) is 0 Å². The minimum absolute atomic E-state index is 0.0236. The highest BCUT2D eigenvalue weighted by molar-refractivity contribution is 5.93. The van der Waals surface area contributed by atoms with Gasteiger partial charge in [0.2, 0.25) is 0 Å². The van der Waals surface area contributed by atoms with Crippen LogP contribution < -0.4 is 0 Å². The van der Waals surface area contributed by atoms with Gasteiger partial charge in [0.25, 0.3) is 0 Å². The van der Waals surface area contributed by atoms with E-state index in [0.717, 1.165) is 0 Å². The van der Waals surface area contributed by atoms with Crippen molar-refractivity contribution in [3.05, 3.63) is 11.6 Å². The van der Waals surface area contributed by atoms with Gasteiger partial charge >= 0.3 is 0 Å². The first-order valence-corrected chi connectivity index (χ1v) is 4.05. The lowest BCUT2D eigenvalue weighted by Gasteiger charge is -2.31. The van der Waals surface area contributed by atoms with Crippen molar-refractivity contribution in [2.24, 2.45) is 0 Å². The topological polar surface area (TPSA) is 57.5 Å². The number of rotatable bonds is 1. The van der Waals surface area contributed by atoms with Crippen LogP contribution in [0.1, 0.15) is 26.7 Å². The third kappa shape index (κ3) is 1.73. The van der Waals surface area contributed by atoms with E-state index in [0.29, 0.717) is 18.4 Å². The second-order valence-corrected chi connectivity index (χ2v) is 3.55. The molecule has 0 aromatic rings. The number of carbonyl (C=O) groups excluding carboxylic acids is 1. The maximum Gasteiger partial charge on any atom is 0.155 e. The standard InChI is InChI=1S/C9H14O3/c1-6(10)7-3-4-9(2,12)8(11)5-7/h5,8,11-12H,3-4H2,1-2H3. The minimum atomic E-state index is -1.07. The highest BCUT2D eigenvalue weighted by atomic mass is 16.3. The van der Waals surface area contributed by atoms with Crippen LogP contribution >= 0.6 is 0 Å². The predicted molar refractivity (Wildman–Crippen MR) is 44.6 cm³/mol. The molecule has 0 saturated carbocycles. The van der Waals surface area contributed by atoms with Crippen LogP contribution in [-0.4, -0.2) is 27.7 Å². The fourth-order valence-electron chi connectivity index (χ4n) is 1.28. The monoisotopic (exact) mass is 170 g/mol. The van der Waals surface area contributed by atoms with Crippen LogP contribution in [0.25, 0.3) is 0 Å². The van der Waals surface area contributed by atoms with Gasteiger partial charge in [-0.25, -0.2) is 0 Å². The van der Waals surface area contributed by atoms with E-state index < -0.39 is 11.7 Å². The van der Waals surface area contributed by atoms with Gasteiger partial charge in [0.05, 0.1) is 5.60 Å². The molecule has 2 atom stereocenters. The van der Waals surface area contributed by atoms with Gasteiger partial charge in [-0.1, -0.05) is 0 Å². The Morgan fingerprint density at radius 1 is 1.75 bits per heavy atom. The highest BCUT2D eigenvalue weighted by Gasteiger charge is 2.33. The van der Waals surface area contributed by atoms with E-state index in [-0.39, 0.29) is 5.78 Å². The summed E-state index contributed by atoms with van der Waals surface area (Å²) in [5.74, 6) is -0.0236. The Morgan fingerprint density at radius 3 is 2.75 bits per heavy atom. The van der Waals surface area contributed by atoms with Crippen molar-refractivity contribution in [1.82, 2.24) is 0 Å². The summed E-state index contributed by atoms with van der Waals surface area (Å²) < 4.78 is 0. The molecular formula is C9H14O3. The van der Waals surface area contributed by atoms with Crippen LogP contribution in [0.3, 0.4) is 0 Å². The SMILES string of the molecule is CC(=O)C1=CC(O)C(C)(O)CC1. The third-order valence-corrected chi connectivity index (χ3v) is 2.35. The number of allylic oxidation sites excluding steroid dienone is 1. The smallest absolute Gasteiger partial charge is 0.155 e. The summed E-state index contributed by atoms with van der Waals surface area (Å²) in [6.07, 6.45) is 1.54. The van der Waals surface area contributed by atoms with E-state index in [9.17, 15) is 15.0 Å². The molecule has 0 saturated heterocycles. The second kappa shape index (κ2) is 2.99. The second-order valence-electron chi connectivity index (χ2n) is 3.55. The Hall–Kier alpha value is -0.670. The number of hydrogen-bond acceptors (Lipinski definition) is 3. The molecule has 0 aromatic heterocycles. The summed E-state index contributed by atoms with van der Waals surface area (Å²) >= 11 is 0. The zero-order valence-electron chi connectivity index (χ0n) is 7.37. The molecule has 0 radical (unpaired) electrons. The molecule has 0 aliphatic heterocycles. The number of carbonyl (C=O) groups is 1. The molecule has 0 bridgehead atoms. The maximum atomic E-state index is 10.9. The predicted octanol–water partition coefficient (Wildman–Crippen LogP) is 0.407. The molecule has 3 heteroatoms. The first kappa shape index (κ1) is 9.42. The molecule has 0 fully saturated rings. The Labute approximate surface area is 71.7 Å². The lowest BCUT2D eigenvalue weighted by Crippen LogP contribution is -2.41. The summed E-state index contributed by atoms with van der Waals surface area (Å²) in [7, 11) is 0. The molecule has 68 valence electrons. The molecule has 0 spiro atoms. The molecule has 1 aliphatic rings. The molecule has 2 unspecified atom stereocenters. The van der Waals surface area contributed by atoms with Crippen molar-refractivity contribution in [2.75, 3.05) is 0 Å². The van der Waals surface area contributed by atoms with Gasteiger partial charge in [-0.3, -0.25) is 4.79 Å². The largest absolute Gasteiger partial charge is 0.387 e. The van der Waals surface area contributed by atoms with Crippen molar-refractivity contribution < 1.29 is 15.0 Å². The normalized spacial score (nSPS) is 36.0. The maximum absolute atomic E-state index is 10.9. The van der Waals surface area contributed by atoms with Gasteiger partial charge in [0.15, 0.2) is 5.78 Å². The van der Waals surface area contributed by atoms with Gasteiger partial charge in [-0.05, 0) is 38.3 Å². The number of hydrogen-bond donors (Lipinski definition) is 2. The van der Waals surface area contributed by atoms with Crippen molar-refractivity contribution in [3.8, 4) is 0 Å². The van der Waals surface area contributed by atoms with Gasteiger partial charge in [-0.2, -0.15) is 0 Å². The van der Waals surface area contributed by atoms with Crippen LogP contribution in [0.2, 0.25) is 0 Å². The summed E-state index contributed by atoms with van der Waals surface area (Å²) in [6.45, 7) is 3.05. The van der Waals surface area contributed by atoms with Crippen molar-refractivity contribution in [1.29, 1.82) is 0 Å². The first-order valence-electron chi connectivity index (χ1n) is 4.05. The summed E-state index contributed by atoms with van der Waals surface area (Å²) in [5, 5.41) is 18.9. The fourth-order valence-corrected chi connectivity index (χ4v) is 1.28. The molecule has 0 heterocycles. The Balaban J connectivity index is 2.82. The van der Waals surface area contributed by atoms with E-state index in [1.54, 1.807) is 6.92 Å². The average molecular weight is 170 g/mol. The van der Waals surface area contributed by atoms with E-state index in [1.165, 1.54) is 13.0 Å². The quantitative estimate of drug-likeness (QED) is 0.599. The van der Waals surface area contributed by atoms with Gasteiger partial charge < -0.3 is 10.2 Å². The van der Waals surface area contributed by atoms with Gasteiger partial charge in [0, 0.05) is 0 Å². The Bertz CT molecular complexity index is 228. The summed E-state index contributed by atoms with van der Waals surface area (Å²) in [6, 6.07) is 0. The minimum Gasteiger partial charge on any atom is -0.387 e. The molecule has 0 aromatic carbocycles. The number of Topliss-reactive ketones (excluding diaryl/α,β-unsaturated/α-hetero) is 1. The molecule has 0 amide bonds. The van der Waals surface area contributed by atoms with Crippen molar-refractivity contribution in [2.45, 2.75) is 38.4 Å². The molecule has 12 heavy (non-hydrogen) atoms. The van der Waals surface area contributed by atoms with Gasteiger partial charge in [-0.15, -0.1) is 0 Å². The van der Waals surface area contributed by atoms with Crippen LogP contribution in [-0.2, 0) is 4.79 Å². The zero-order valence-corrected chi connectivity index (χ0v) is 7.37. The van der Waals surface area contributed by atoms with Crippen molar-refractivity contribution >= 4 is 5.78 Å². The Kier molecular flexibility index (Phi) is 2.35.